The molecule has 0 saturated heterocycles. The molecule has 1 nitrogen and oxygen atoms in total. The second-order valence-corrected chi connectivity index (χ2v) is 4.99. The maximum atomic E-state index is 9.32. The third-order valence-electron chi connectivity index (χ3n) is 3.21. The molecule has 0 aliphatic heterocycles. The normalized spacial score (nSPS) is 14.9. The highest BCUT2D eigenvalue weighted by Crippen LogP contribution is 2.45. The van der Waals surface area contributed by atoms with Crippen molar-refractivity contribution in [3.63, 3.8) is 0 Å². The van der Waals surface area contributed by atoms with Crippen LogP contribution in [0.1, 0.15) is 24.3 Å². The Bertz CT molecular complexity index is 541. The molecule has 2 aromatic rings. The molecule has 2 heteroatoms. The van der Waals surface area contributed by atoms with E-state index in [1.165, 1.54) is 24.0 Å². The summed E-state index contributed by atoms with van der Waals surface area (Å²) in [6.07, 6.45) is 2.51. The molecule has 1 saturated carbocycles. The summed E-state index contributed by atoms with van der Waals surface area (Å²) < 4.78 is 0. The topological polar surface area (TPSA) is 20.2 Å². The van der Waals surface area contributed by atoms with Crippen LogP contribution in [0.4, 0.5) is 0 Å². The predicted octanol–water partition coefficient (Wildman–Crippen LogP) is 4.59. The van der Waals surface area contributed by atoms with E-state index in [-0.39, 0.29) is 0 Å². The van der Waals surface area contributed by atoms with Crippen molar-refractivity contribution in [2.45, 2.75) is 18.8 Å². The predicted molar refractivity (Wildman–Crippen MR) is 70.5 cm³/mol. The molecule has 1 fully saturated rings. The number of rotatable bonds is 2. The first-order valence-corrected chi connectivity index (χ1v) is 6.21. The van der Waals surface area contributed by atoms with Gasteiger partial charge in [0, 0.05) is 5.02 Å². The Kier molecular flexibility index (Phi) is 2.56. The zero-order valence-electron chi connectivity index (χ0n) is 9.36. The fraction of sp³-hybridized carbons (Fsp3) is 0.200. The first-order valence-electron chi connectivity index (χ1n) is 5.83. The van der Waals surface area contributed by atoms with E-state index in [4.69, 9.17) is 11.6 Å². The Balaban J connectivity index is 2.10. The summed E-state index contributed by atoms with van der Waals surface area (Å²) in [5, 5.41) is 10.1. The third kappa shape index (κ3) is 2.16. The quantitative estimate of drug-likeness (QED) is 0.819. The van der Waals surface area contributed by atoms with Gasteiger partial charge >= 0.3 is 0 Å². The van der Waals surface area contributed by atoms with E-state index >= 15 is 0 Å². The molecule has 17 heavy (non-hydrogen) atoms. The molecular weight excluding hydrogens is 232 g/mol. The van der Waals surface area contributed by atoms with Crippen molar-refractivity contribution in [2.75, 3.05) is 0 Å². The number of phenols is 1. The van der Waals surface area contributed by atoms with Crippen LogP contribution < -0.4 is 0 Å². The molecule has 1 aliphatic carbocycles. The van der Waals surface area contributed by atoms with Crippen LogP contribution >= 0.6 is 11.6 Å². The maximum Gasteiger partial charge on any atom is 0.115 e. The molecule has 0 bridgehead atoms. The van der Waals surface area contributed by atoms with Gasteiger partial charge in [0.1, 0.15) is 5.75 Å². The molecule has 86 valence electrons. The van der Waals surface area contributed by atoms with Gasteiger partial charge < -0.3 is 5.11 Å². The molecule has 2 aromatic carbocycles. The number of aromatic hydroxyl groups is 1. The average Bonchev–Trinajstić information content (AvgIpc) is 3.14. The second-order valence-electron chi connectivity index (χ2n) is 4.55. The molecule has 1 aliphatic rings. The van der Waals surface area contributed by atoms with Crippen molar-refractivity contribution in [1.82, 2.24) is 0 Å². The highest BCUT2D eigenvalue weighted by atomic mass is 35.5. The van der Waals surface area contributed by atoms with E-state index in [1.807, 2.05) is 18.2 Å². The Morgan fingerprint density at radius 3 is 2.35 bits per heavy atom. The van der Waals surface area contributed by atoms with E-state index in [0.29, 0.717) is 11.7 Å². The zero-order chi connectivity index (χ0) is 11.8. The van der Waals surface area contributed by atoms with Crippen LogP contribution in [0.25, 0.3) is 11.1 Å². The van der Waals surface area contributed by atoms with E-state index in [0.717, 1.165) is 10.6 Å². The Morgan fingerprint density at radius 1 is 1.00 bits per heavy atom. The zero-order valence-corrected chi connectivity index (χ0v) is 10.1. The molecule has 0 aromatic heterocycles. The van der Waals surface area contributed by atoms with Crippen molar-refractivity contribution in [2.24, 2.45) is 0 Å². The standard InChI is InChI=1S/C15H13ClO/c16-12-5-8-14(15(9-12)11-1-2-11)10-3-6-13(17)7-4-10/h3-9,11,17H,1-2H2. The van der Waals surface area contributed by atoms with Crippen LogP contribution in [-0.2, 0) is 0 Å². The lowest BCUT2D eigenvalue weighted by atomic mass is 9.97. The second kappa shape index (κ2) is 4.08. The summed E-state index contributed by atoms with van der Waals surface area (Å²) in [5.74, 6) is 0.966. The van der Waals surface area contributed by atoms with Gasteiger partial charge in [-0.1, -0.05) is 29.8 Å². The van der Waals surface area contributed by atoms with Gasteiger partial charge in [0.2, 0.25) is 0 Å². The third-order valence-corrected chi connectivity index (χ3v) is 3.44. The molecule has 0 radical (unpaired) electrons. The fourth-order valence-corrected chi connectivity index (χ4v) is 2.35. The van der Waals surface area contributed by atoms with Crippen molar-refractivity contribution >= 4 is 11.6 Å². The van der Waals surface area contributed by atoms with Gasteiger partial charge in [0.05, 0.1) is 0 Å². The summed E-state index contributed by atoms with van der Waals surface area (Å²) in [6.45, 7) is 0. The Morgan fingerprint density at radius 2 is 1.71 bits per heavy atom. The average molecular weight is 245 g/mol. The minimum absolute atomic E-state index is 0.302. The van der Waals surface area contributed by atoms with E-state index in [9.17, 15) is 5.11 Å². The molecule has 0 unspecified atom stereocenters. The maximum absolute atomic E-state index is 9.32. The first-order chi connectivity index (χ1) is 8.24. The smallest absolute Gasteiger partial charge is 0.115 e. The SMILES string of the molecule is Oc1ccc(-c2ccc(Cl)cc2C2CC2)cc1. The number of hydrogen-bond acceptors (Lipinski definition) is 1. The number of phenolic OH excluding ortho intramolecular Hbond substituents is 1. The summed E-state index contributed by atoms with van der Waals surface area (Å²) >= 11 is 6.06. The van der Waals surface area contributed by atoms with Gasteiger partial charge in [0.15, 0.2) is 0 Å². The molecule has 0 atom stereocenters. The van der Waals surface area contributed by atoms with Gasteiger partial charge in [0.25, 0.3) is 0 Å². The highest BCUT2D eigenvalue weighted by molar-refractivity contribution is 6.30. The summed E-state index contributed by atoms with van der Waals surface area (Å²) in [6, 6.07) is 13.4. The lowest BCUT2D eigenvalue weighted by Crippen LogP contribution is -1.87. The molecule has 0 spiro atoms. The summed E-state index contributed by atoms with van der Waals surface area (Å²) in [4.78, 5) is 0. The van der Waals surface area contributed by atoms with Crippen LogP contribution in [-0.4, -0.2) is 5.11 Å². The van der Waals surface area contributed by atoms with Crippen molar-refractivity contribution < 1.29 is 5.11 Å². The van der Waals surface area contributed by atoms with Crippen LogP contribution in [0.15, 0.2) is 42.5 Å². The van der Waals surface area contributed by atoms with Gasteiger partial charge in [-0.2, -0.15) is 0 Å². The number of hydrogen-bond donors (Lipinski definition) is 1. The molecule has 0 amide bonds. The highest BCUT2D eigenvalue weighted by Gasteiger charge is 2.26. The minimum Gasteiger partial charge on any atom is -0.508 e. The van der Waals surface area contributed by atoms with Crippen LogP contribution in [0, 0.1) is 0 Å². The molecule has 1 N–H and O–H groups in total. The van der Waals surface area contributed by atoms with E-state index in [1.54, 1.807) is 12.1 Å². The van der Waals surface area contributed by atoms with E-state index in [2.05, 4.69) is 12.1 Å². The van der Waals surface area contributed by atoms with Gasteiger partial charge in [-0.25, -0.2) is 0 Å². The van der Waals surface area contributed by atoms with Crippen LogP contribution in [0.5, 0.6) is 5.75 Å². The van der Waals surface area contributed by atoms with E-state index < -0.39 is 0 Å². The number of benzene rings is 2. The lowest BCUT2D eigenvalue weighted by Gasteiger charge is -2.09. The molecule has 3 rings (SSSR count). The lowest BCUT2D eigenvalue weighted by molar-refractivity contribution is 0.475. The van der Waals surface area contributed by atoms with Crippen molar-refractivity contribution in [3.8, 4) is 16.9 Å². The van der Waals surface area contributed by atoms with Crippen molar-refractivity contribution in [3.05, 3.63) is 53.1 Å². The molecule has 0 heterocycles. The van der Waals surface area contributed by atoms with Crippen LogP contribution in [0.3, 0.4) is 0 Å². The summed E-state index contributed by atoms with van der Waals surface area (Å²) in [7, 11) is 0. The monoisotopic (exact) mass is 244 g/mol. The van der Waals surface area contributed by atoms with Crippen LogP contribution in [0.2, 0.25) is 5.02 Å². The Labute approximate surface area is 106 Å². The van der Waals surface area contributed by atoms with Gasteiger partial charge in [-0.15, -0.1) is 0 Å². The fourth-order valence-electron chi connectivity index (χ4n) is 2.17. The largest absolute Gasteiger partial charge is 0.508 e. The summed E-state index contributed by atoms with van der Waals surface area (Å²) in [5.41, 5.74) is 3.71. The van der Waals surface area contributed by atoms with Gasteiger partial charge in [-0.3, -0.25) is 0 Å². The Hall–Kier alpha value is -1.47. The minimum atomic E-state index is 0.302. The number of halogens is 1. The molecular formula is C15H13ClO. The van der Waals surface area contributed by atoms with Gasteiger partial charge in [-0.05, 0) is 59.7 Å². The first kappa shape index (κ1) is 10.7. The van der Waals surface area contributed by atoms with Crippen molar-refractivity contribution in [1.29, 1.82) is 0 Å².